The molecule has 1 heterocycles. The van der Waals surface area contributed by atoms with Gasteiger partial charge in [-0.05, 0) is 69.0 Å². The van der Waals surface area contributed by atoms with E-state index in [1.165, 1.54) is 35.2 Å². The summed E-state index contributed by atoms with van der Waals surface area (Å²) >= 11 is 0. The van der Waals surface area contributed by atoms with Gasteiger partial charge in [-0.1, -0.05) is 33.3 Å². The summed E-state index contributed by atoms with van der Waals surface area (Å²) in [6.07, 6.45) is 4.41. The minimum Gasteiger partial charge on any atom is -0.371 e. The third kappa shape index (κ3) is 6.08. The SMILES string of the molecule is CC.CCCCN(CC)c1ccc(Nc2cc(C)c(C)cc2C)nc1. The number of pyridine rings is 1. The Morgan fingerprint density at radius 2 is 1.64 bits per heavy atom. The molecular formula is C22H35N3. The zero-order chi connectivity index (χ0) is 18.8. The number of aryl methyl sites for hydroxylation is 3. The van der Waals surface area contributed by atoms with E-state index < -0.39 is 0 Å². The number of rotatable bonds is 7. The number of benzene rings is 1. The van der Waals surface area contributed by atoms with Crippen molar-refractivity contribution in [2.45, 2.75) is 61.3 Å². The fourth-order valence-electron chi connectivity index (χ4n) is 2.70. The first-order valence-electron chi connectivity index (χ1n) is 9.61. The van der Waals surface area contributed by atoms with Crippen molar-refractivity contribution in [2.24, 2.45) is 0 Å². The van der Waals surface area contributed by atoms with Crippen molar-refractivity contribution in [3.05, 3.63) is 47.2 Å². The van der Waals surface area contributed by atoms with Gasteiger partial charge in [0.05, 0.1) is 11.9 Å². The van der Waals surface area contributed by atoms with Crippen molar-refractivity contribution >= 4 is 17.2 Å². The van der Waals surface area contributed by atoms with Crippen LogP contribution in [0.2, 0.25) is 0 Å². The first-order chi connectivity index (χ1) is 12.0. The fourth-order valence-corrected chi connectivity index (χ4v) is 2.70. The van der Waals surface area contributed by atoms with E-state index in [4.69, 9.17) is 0 Å². The van der Waals surface area contributed by atoms with Crippen LogP contribution in [-0.4, -0.2) is 18.1 Å². The Kier molecular flexibility index (Phi) is 9.04. The molecule has 0 radical (unpaired) electrons. The van der Waals surface area contributed by atoms with Crippen LogP contribution in [0.25, 0.3) is 0 Å². The second kappa shape index (κ2) is 10.8. The minimum absolute atomic E-state index is 0.895. The predicted molar refractivity (Wildman–Crippen MR) is 112 cm³/mol. The van der Waals surface area contributed by atoms with Crippen molar-refractivity contribution in [2.75, 3.05) is 23.3 Å². The fraction of sp³-hybridized carbons (Fsp3) is 0.500. The van der Waals surface area contributed by atoms with Crippen molar-refractivity contribution < 1.29 is 0 Å². The topological polar surface area (TPSA) is 28.2 Å². The van der Waals surface area contributed by atoms with Crippen LogP contribution in [0.4, 0.5) is 17.2 Å². The zero-order valence-electron chi connectivity index (χ0n) is 17.1. The molecule has 3 nitrogen and oxygen atoms in total. The van der Waals surface area contributed by atoms with Gasteiger partial charge in [-0.15, -0.1) is 0 Å². The Labute approximate surface area is 154 Å². The van der Waals surface area contributed by atoms with Gasteiger partial charge in [-0.3, -0.25) is 0 Å². The molecule has 0 aliphatic heterocycles. The van der Waals surface area contributed by atoms with Crippen molar-refractivity contribution in [1.29, 1.82) is 0 Å². The summed E-state index contributed by atoms with van der Waals surface area (Å²) in [5.41, 5.74) is 6.20. The lowest BCUT2D eigenvalue weighted by atomic mass is 10.0. The van der Waals surface area contributed by atoms with Crippen molar-refractivity contribution in [1.82, 2.24) is 4.98 Å². The van der Waals surface area contributed by atoms with Gasteiger partial charge in [0.2, 0.25) is 0 Å². The average Bonchev–Trinajstić information content (AvgIpc) is 2.63. The summed E-state index contributed by atoms with van der Waals surface area (Å²) in [7, 11) is 0. The lowest BCUT2D eigenvalue weighted by Gasteiger charge is -2.22. The molecule has 1 aromatic carbocycles. The molecule has 0 fully saturated rings. The van der Waals surface area contributed by atoms with Gasteiger partial charge in [-0.25, -0.2) is 4.98 Å². The van der Waals surface area contributed by atoms with E-state index in [0.29, 0.717) is 0 Å². The molecule has 138 valence electrons. The average molecular weight is 342 g/mol. The summed E-state index contributed by atoms with van der Waals surface area (Å²) in [4.78, 5) is 6.97. The van der Waals surface area contributed by atoms with Crippen LogP contribution in [0.5, 0.6) is 0 Å². The molecular weight excluding hydrogens is 306 g/mol. The molecule has 0 amide bonds. The van der Waals surface area contributed by atoms with Crippen LogP contribution in [0.15, 0.2) is 30.5 Å². The van der Waals surface area contributed by atoms with Crippen LogP contribution in [0.1, 0.15) is 57.2 Å². The largest absolute Gasteiger partial charge is 0.371 e. The van der Waals surface area contributed by atoms with E-state index >= 15 is 0 Å². The number of hydrogen-bond donors (Lipinski definition) is 1. The lowest BCUT2D eigenvalue weighted by molar-refractivity contribution is 0.731. The van der Waals surface area contributed by atoms with Gasteiger partial charge in [-0.2, -0.15) is 0 Å². The molecule has 0 saturated carbocycles. The molecule has 2 aromatic rings. The molecule has 0 aliphatic rings. The summed E-state index contributed by atoms with van der Waals surface area (Å²) in [5, 5.41) is 3.44. The number of hydrogen-bond acceptors (Lipinski definition) is 3. The molecule has 0 atom stereocenters. The lowest BCUT2D eigenvalue weighted by Crippen LogP contribution is -2.23. The molecule has 0 bridgehead atoms. The molecule has 1 N–H and O–H groups in total. The van der Waals surface area contributed by atoms with Crippen LogP contribution < -0.4 is 10.2 Å². The summed E-state index contributed by atoms with van der Waals surface area (Å²) < 4.78 is 0. The van der Waals surface area contributed by atoms with Gasteiger partial charge < -0.3 is 10.2 Å². The molecule has 0 saturated heterocycles. The first kappa shape index (κ1) is 21.0. The molecule has 3 heteroatoms. The highest BCUT2D eigenvalue weighted by molar-refractivity contribution is 5.63. The highest BCUT2D eigenvalue weighted by Crippen LogP contribution is 2.24. The predicted octanol–water partition coefficient (Wildman–Crippen LogP) is 6.40. The second-order valence-electron chi connectivity index (χ2n) is 6.21. The highest BCUT2D eigenvalue weighted by atomic mass is 15.1. The van der Waals surface area contributed by atoms with Crippen LogP contribution >= 0.6 is 0 Å². The van der Waals surface area contributed by atoms with E-state index in [1.807, 2.05) is 20.0 Å². The molecule has 0 unspecified atom stereocenters. The molecule has 25 heavy (non-hydrogen) atoms. The van der Waals surface area contributed by atoms with Gasteiger partial charge in [0.1, 0.15) is 5.82 Å². The van der Waals surface area contributed by atoms with Gasteiger partial charge in [0, 0.05) is 18.8 Å². The van der Waals surface area contributed by atoms with E-state index in [-0.39, 0.29) is 0 Å². The first-order valence-corrected chi connectivity index (χ1v) is 9.61. The van der Waals surface area contributed by atoms with E-state index in [1.54, 1.807) is 0 Å². The Balaban J connectivity index is 0.00000151. The summed E-state index contributed by atoms with van der Waals surface area (Å²) in [5.74, 6) is 0.895. The van der Waals surface area contributed by atoms with E-state index in [0.717, 1.165) is 24.6 Å². The number of aromatic nitrogens is 1. The third-order valence-electron chi connectivity index (χ3n) is 4.38. The zero-order valence-corrected chi connectivity index (χ0v) is 17.1. The Morgan fingerprint density at radius 1 is 0.960 bits per heavy atom. The number of unbranched alkanes of at least 4 members (excludes halogenated alkanes) is 1. The summed E-state index contributed by atoms with van der Waals surface area (Å²) in [6, 6.07) is 8.64. The Morgan fingerprint density at radius 3 is 2.20 bits per heavy atom. The standard InChI is InChI=1S/C20H29N3.C2H6/c1-6-8-11-23(7-2)18-9-10-20(21-14-18)22-19-13-16(4)15(3)12-17(19)5;1-2/h9-10,12-14H,6-8,11H2,1-5H3,(H,21,22);1-2H3. The van der Waals surface area contributed by atoms with Crippen LogP contribution in [0, 0.1) is 20.8 Å². The maximum atomic E-state index is 4.59. The molecule has 0 spiro atoms. The maximum absolute atomic E-state index is 4.59. The second-order valence-corrected chi connectivity index (χ2v) is 6.21. The van der Waals surface area contributed by atoms with Crippen LogP contribution in [-0.2, 0) is 0 Å². The third-order valence-corrected chi connectivity index (χ3v) is 4.38. The summed E-state index contributed by atoms with van der Waals surface area (Å²) in [6.45, 7) is 17.0. The number of nitrogens with zero attached hydrogens (tertiary/aromatic N) is 2. The van der Waals surface area contributed by atoms with E-state index in [9.17, 15) is 0 Å². The normalized spacial score (nSPS) is 10.0. The quantitative estimate of drug-likeness (QED) is 0.631. The maximum Gasteiger partial charge on any atom is 0.130 e. The van der Waals surface area contributed by atoms with Crippen molar-refractivity contribution in [3.63, 3.8) is 0 Å². The minimum atomic E-state index is 0.895. The number of nitrogens with one attached hydrogen (secondary N) is 1. The molecule has 2 rings (SSSR count). The molecule has 0 aliphatic carbocycles. The molecule has 1 aromatic heterocycles. The van der Waals surface area contributed by atoms with Gasteiger partial charge >= 0.3 is 0 Å². The smallest absolute Gasteiger partial charge is 0.130 e. The Bertz CT molecular complexity index is 632. The van der Waals surface area contributed by atoms with Gasteiger partial charge in [0.25, 0.3) is 0 Å². The number of anilines is 3. The monoisotopic (exact) mass is 341 g/mol. The van der Waals surface area contributed by atoms with Gasteiger partial charge in [0.15, 0.2) is 0 Å². The highest BCUT2D eigenvalue weighted by Gasteiger charge is 2.06. The van der Waals surface area contributed by atoms with Crippen LogP contribution in [0.3, 0.4) is 0 Å². The van der Waals surface area contributed by atoms with E-state index in [2.05, 4.69) is 74.1 Å². The Hall–Kier alpha value is -2.03. The van der Waals surface area contributed by atoms with Crippen molar-refractivity contribution in [3.8, 4) is 0 Å².